The molecule has 4 rings (SSSR count). The quantitative estimate of drug-likeness (QED) is 0.473. The van der Waals surface area contributed by atoms with Gasteiger partial charge in [-0.3, -0.25) is 0 Å². The fourth-order valence-electron chi connectivity index (χ4n) is 1.85. The molecule has 0 spiro atoms. The lowest BCUT2D eigenvalue weighted by Crippen LogP contribution is -2.34. The van der Waals surface area contributed by atoms with Crippen molar-refractivity contribution in [2.75, 3.05) is 0 Å². The fourth-order valence-corrected chi connectivity index (χ4v) is 1.85. The van der Waals surface area contributed by atoms with Crippen molar-refractivity contribution in [2.45, 2.75) is 0 Å². The Morgan fingerprint density at radius 1 is 1.17 bits per heavy atom. The van der Waals surface area contributed by atoms with Crippen molar-refractivity contribution >= 4 is 22.2 Å². The van der Waals surface area contributed by atoms with Crippen LogP contribution in [0.25, 0.3) is 28.1 Å². The van der Waals surface area contributed by atoms with E-state index in [1.54, 1.807) is 23.4 Å². The van der Waals surface area contributed by atoms with Gasteiger partial charge in [0.25, 0.3) is 5.65 Å². The second kappa shape index (κ2) is 3.33. The monoisotopic (exact) mass is 238 g/mol. The number of rotatable bonds is 1. The Kier molecular flexibility index (Phi) is 1.71. The van der Waals surface area contributed by atoms with Crippen LogP contribution in [0.5, 0.6) is 0 Å². The molecule has 86 valence electrons. The third-order valence-electron chi connectivity index (χ3n) is 2.71. The van der Waals surface area contributed by atoms with Gasteiger partial charge in [-0.2, -0.15) is 0 Å². The summed E-state index contributed by atoms with van der Waals surface area (Å²) in [5.41, 5.74) is 2.25. The zero-order valence-corrected chi connectivity index (χ0v) is 9.20. The summed E-state index contributed by atoms with van der Waals surface area (Å²) < 4.78 is 1.73. The minimum Gasteiger partial charge on any atom is -0.339 e. The van der Waals surface area contributed by atoms with E-state index in [2.05, 4.69) is 30.0 Å². The number of fused-ring (bicyclic) bond motifs is 2. The third-order valence-corrected chi connectivity index (χ3v) is 2.71. The molecule has 0 aromatic carbocycles. The van der Waals surface area contributed by atoms with Gasteiger partial charge in [-0.15, -0.1) is 4.68 Å². The molecule has 0 atom stereocenters. The van der Waals surface area contributed by atoms with Crippen molar-refractivity contribution < 1.29 is 4.68 Å². The standard InChI is InChI=1S/C11H7N7/c1-2-7-5-18(17-9(7)12-3-1)11-13-4-8-10(16-11)15-6-14-8/h1-6H,(H,13,14,15,16)/p+1. The summed E-state index contributed by atoms with van der Waals surface area (Å²) in [5.74, 6) is 0.535. The van der Waals surface area contributed by atoms with Gasteiger partial charge in [-0.1, -0.05) is 4.98 Å². The van der Waals surface area contributed by atoms with Crippen LogP contribution in [0.1, 0.15) is 0 Å². The SMILES string of the molecule is c1cnc2[nH][n+](-c3ncc4[nH]cnc4n3)cc2c1. The highest BCUT2D eigenvalue weighted by Gasteiger charge is 2.15. The van der Waals surface area contributed by atoms with Gasteiger partial charge in [0.05, 0.1) is 11.7 Å². The zero-order chi connectivity index (χ0) is 11.9. The summed E-state index contributed by atoms with van der Waals surface area (Å²) in [7, 11) is 0. The van der Waals surface area contributed by atoms with Crippen molar-refractivity contribution in [3.63, 3.8) is 0 Å². The van der Waals surface area contributed by atoms with Crippen LogP contribution in [0, 0.1) is 0 Å². The summed E-state index contributed by atoms with van der Waals surface area (Å²) in [6, 6.07) is 3.86. The molecule has 0 saturated carbocycles. The Bertz CT molecular complexity index is 811. The topological polar surface area (TPSA) is 87.0 Å². The summed E-state index contributed by atoms with van der Waals surface area (Å²) in [4.78, 5) is 19.9. The second-order valence-corrected chi connectivity index (χ2v) is 3.86. The van der Waals surface area contributed by atoms with Gasteiger partial charge in [0.2, 0.25) is 0 Å². The van der Waals surface area contributed by atoms with E-state index in [4.69, 9.17) is 0 Å². The molecule has 4 aromatic rings. The average Bonchev–Trinajstić information content (AvgIpc) is 3.04. The van der Waals surface area contributed by atoms with E-state index in [0.717, 1.165) is 16.6 Å². The third kappa shape index (κ3) is 1.27. The first kappa shape index (κ1) is 9.23. The van der Waals surface area contributed by atoms with Gasteiger partial charge in [0.1, 0.15) is 17.9 Å². The van der Waals surface area contributed by atoms with Crippen LogP contribution in [0.3, 0.4) is 0 Å². The van der Waals surface area contributed by atoms with E-state index in [-0.39, 0.29) is 0 Å². The average molecular weight is 238 g/mol. The first-order valence-corrected chi connectivity index (χ1v) is 5.42. The molecule has 0 fully saturated rings. The maximum absolute atomic E-state index is 4.35. The van der Waals surface area contributed by atoms with Crippen LogP contribution in [0.2, 0.25) is 0 Å². The van der Waals surface area contributed by atoms with E-state index >= 15 is 0 Å². The highest BCUT2D eigenvalue weighted by Crippen LogP contribution is 2.07. The van der Waals surface area contributed by atoms with Crippen LogP contribution < -0.4 is 4.68 Å². The predicted octanol–water partition coefficient (Wildman–Crippen LogP) is 0.506. The number of H-pyrrole nitrogens is 2. The number of nitrogens with zero attached hydrogens (tertiary/aromatic N) is 5. The molecule has 2 N–H and O–H groups in total. The molecule has 0 amide bonds. The number of imidazole rings is 1. The zero-order valence-electron chi connectivity index (χ0n) is 9.20. The van der Waals surface area contributed by atoms with Crippen LogP contribution in [0.15, 0.2) is 37.1 Å². The molecular weight excluding hydrogens is 230 g/mol. The molecular formula is C11H8N7+. The molecule has 0 aliphatic carbocycles. The van der Waals surface area contributed by atoms with Crippen molar-refractivity contribution in [2.24, 2.45) is 0 Å². The summed E-state index contributed by atoms with van der Waals surface area (Å²) >= 11 is 0. The Balaban J connectivity index is 1.94. The van der Waals surface area contributed by atoms with Gasteiger partial charge in [0, 0.05) is 6.20 Å². The van der Waals surface area contributed by atoms with Crippen molar-refractivity contribution in [3.05, 3.63) is 37.1 Å². The molecule has 7 heteroatoms. The number of pyridine rings is 1. The summed E-state index contributed by atoms with van der Waals surface area (Å²) in [5, 5.41) is 4.11. The number of hydrogen-bond acceptors (Lipinski definition) is 4. The molecule has 4 aromatic heterocycles. The van der Waals surface area contributed by atoms with E-state index in [1.165, 1.54) is 0 Å². The van der Waals surface area contributed by atoms with E-state index in [0.29, 0.717) is 11.6 Å². The van der Waals surface area contributed by atoms with E-state index in [9.17, 15) is 0 Å². The van der Waals surface area contributed by atoms with Gasteiger partial charge in [-0.05, 0) is 17.1 Å². The Morgan fingerprint density at radius 2 is 2.17 bits per heavy atom. The highest BCUT2D eigenvalue weighted by atomic mass is 15.4. The predicted molar refractivity (Wildman–Crippen MR) is 62.9 cm³/mol. The normalized spacial score (nSPS) is 11.3. The Hall–Kier alpha value is -2.83. The number of nitrogens with one attached hydrogen (secondary N) is 2. The van der Waals surface area contributed by atoms with Gasteiger partial charge in [0.15, 0.2) is 5.65 Å². The smallest absolute Gasteiger partial charge is 0.339 e. The van der Waals surface area contributed by atoms with Crippen LogP contribution in [-0.2, 0) is 0 Å². The Labute approximate surface area is 101 Å². The summed E-state index contributed by atoms with van der Waals surface area (Å²) in [6.45, 7) is 0. The Morgan fingerprint density at radius 3 is 3.11 bits per heavy atom. The van der Waals surface area contributed by atoms with Crippen LogP contribution in [0.4, 0.5) is 0 Å². The van der Waals surface area contributed by atoms with Crippen LogP contribution >= 0.6 is 0 Å². The first-order chi connectivity index (χ1) is 8.90. The minimum atomic E-state index is 0.535. The molecule has 18 heavy (non-hydrogen) atoms. The minimum absolute atomic E-state index is 0.535. The lowest BCUT2D eigenvalue weighted by atomic mass is 10.4. The second-order valence-electron chi connectivity index (χ2n) is 3.86. The maximum atomic E-state index is 4.35. The van der Waals surface area contributed by atoms with Crippen LogP contribution in [-0.4, -0.2) is 30.0 Å². The largest absolute Gasteiger partial charge is 0.457 e. The molecule has 0 bridgehead atoms. The maximum Gasteiger partial charge on any atom is 0.457 e. The molecule has 0 unspecified atom stereocenters. The van der Waals surface area contributed by atoms with Gasteiger partial charge >= 0.3 is 5.95 Å². The van der Waals surface area contributed by atoms with Crippen molar-refractivity contribution in [3.8, 4) is 5.95 Å². The number of aromatic amines is 2. The summed E-state index contributed by atoms with van der Waals surface area (Å²) in [6.07, 6.45) is 6.94. The molecule has 0 aliphatic rings. The van der Waals surface area contributed by atoms with Crippen molar-refractivity contribution in [1.82, 2.24) is 30.0 Å². The fraction of sp³-hybridized carbons (Fsp3) is 0. The molecule has 0 aliphatic heterocycles. The molecule has 0 saturated heterocycles. The first-order valence-electron chi connectivity index (χ1n) is 5.42. The van der Waals surface area contributed by atoms with E-state index < -0.39 is 0 Å². The van der Waals surface area contributed by atoms with E-state index in [1.807, 2.05) is 18.3 Å². The highest BCUT2D eigenvalue weighted by molar-refractivity contribution is 5.72. The molecule has 7 nitrogen and oxygen atoms in total. The lowest BCUT2D eigenvalue weighted by molar-refractivity contribution is -0.660. The van der Waals surface area contributed by atoms with Gasteiger partial charge < -0.3 is 4.98 Å². The lowest BCUT2D eigenvalue weighted by Gasteiger charge is -1.87. The molecule has 4 heterocycles. The number of hydrogen-bond donors (Lipinski definition) is 2. The van der Waals surface area contributed by atoms with Gasteiger partial charge in [-0.25, -0.2) is 15.1 Å². The van der Waals surface area contributed by atoms with Crippen molar-refractivity contribution in [1.29, 1.82) is 0 Å². The molecule has 0 radical (unpaired) electrons. The number of aromatic nitrogens is 7.